The van der Waals surface area contributed by atoms with E-state index in [2.05, 4.69) is 0 Å². The van der Waals surface area contributed by atoms with Gasteiger partial charge in [-0.15, -0.1) is 0 Å². The van der Waals surface area contributed by atoms with Gasteiger partial charge in [-0.1, -0.05) is 0 Å². The molecule has 0 aromatic heterocycles. The molecule has 3 aliphatic rings. The number of fused-ring (bicyclic) bond motifs is 7. The van der Waals surface area contributed by atoms with Gasteiger partial charge in [-0.3, -0.25) is 0 Å². The van der Waals surface area contributed by atoms with E-state index in [-0.39, 0.29) is 25.3 Å². The molecular formula is C23H32BiN5O10. The van der Waals surface area contributed by atoms with Crippen molar-refractivity contribution < 1.29 is 37.2 Å². The summed E-state index contributed by atoms with van der Waals surface area (Å²) in [5.74, 6) is -1.85. The first-order valence-corrected chi connectivity index (χ1v) is 16.7. The molecule has 39 heavy (non-hydrogen) atoms. The summed E-state index contributed by atoms with van der Waals surface area (Å²) in [4.78, 5) is 57.1. The summed E-state index contributed by atoms with van der Waals surface area (Å²) in [6, 6.07) is 4.82. The van der Waals surface area contributed by atoms with Crippen LogP contribution >= 0.6 is 0 Å². The van der Waals surface area contributed by atoms with Crippen LogP contribution < -0.4 is 4.90 Å². The fourth-order valence-corrected chi connectivity index (χ4v) is 7.71. The third-order valence-corrected chi connectivity index (χ3v) is 10.8. The first kappa shape index (κ1) is 29.5. The van der Waals surface area contributed by atoms with E-state index in [1.807, 2.05) is 19.6 Å². The Labute approximate surface area is 235 Å². The van der Waals surface area contributed by atoms with Crippen LogP contribution in [-0.2, 0) is 32.3 Å². The Morgan fingerprint density at radius 3 is 1.64 bits per heavy atom. The number of nitro benzene ring substituents is 1. The van der Waals surface area contributed by atoms with E-state index in [0.29, 0.717) is 63.6 Å². The number of nitro groups is 1. The average Bonchev–Trinajstić information content (AvgIpc) is 2.92. The molecule has 4 rings (SSSR count). The first-order valence-electron chi connectivity index (χ1n) is 12.4. The van der Waals surface area contributed by atoms with Gasteiger partial charge in [0.15, 0.2) is 0 Å². The van der Waals surface area contributed by atoms with Gasteiger partial charge in [-0.2, -0.15) is 0 Å². The second-order valence-corrected chi connectivity index (χ2v) is 13.1. The number of hydrogen-bond acceptors (Lipinski definition) is 14. The molecule has 0 spiro atoms. The van der Waals surface area contributed by atoms with Crippen LogP contribution in [0.2, 0.25) is 0 Å². The standard InChI is InChI=1S/C23H35N5O10.Bi/c1-37-23(38-2)17-3-4-18(19(13-17)28(35)36)27-11-9-25(15-21(31)32)7-5-24(14-20(29)30)6-8-26(10-12-27)16-22(33)34;/h3-4,13,23H,5-12,14-16H2,1-2H3,(H,29,30)(H,31,32)(H,33,34);/q;+3/p-3. The third-order valence-electron chi connectivity index (χ3n) is 6.66. The molecule has 0 N–H and O–H groups in total. The number of benzene rings is 1. The predicted molar refractivity (Wildman–Crippen MR) is 135 cm³/mol. The van der Waals surface area contributed by atoms with Gasteiger partial charge >= 0.3 is 212 Å². The molecule has 0 amide bonds. The molecule has 3 fully saturated rings. The van der Waals surface area contributed by atoms with Crippen LogP contribution in [-0.4, -0.2) is 147 Å². The molecule has 1 aromatic carbocycles. The molecule has 2 atom stereocenters. The monoisotopic (exact) mass is 747 g/mol. The van der Waals surface area contributed by atoms with Crippen molar-refractivity contribution in [2.75, 3.05) is 91.1 Å². The summed E-state index contributed by atoms with van der Waals surface area (Å²) in [6.45, 7) is 3.21. The molecule has 0 radical (unpaired) electrons. The van der Waals surface area contributed by atoms with E-state index < -0.39 is 52.2 Å². The SMILES string of the molecule is COC(OC)c1ccc(N2CCN3CCN4CCN(CC2)CC(=O)[O][Bi]([O]C(=O)C4)[O]C(=O)C3)c([N+](=O)[O-])c1. The molecule has 0 aliphatic carbocycles. The Hall–Kier alpha value is -2.49. The maximum absolute atomic E-state index is 12.7. The van der Waals surface area contributed by atoms with Crippen LogP contribution in [0.25, 0.3) is 0 Å². The number of hydrogen-bond donors (Lipinski definition) is 0. The van der Waals surface area contributed by atoms with Crippen LogP contribution in [0.1, 0.15) is 11.9 Å². The maximum atomic E-state index is 12.7. The van der Waals surface area contributed by atoms with Gasteiger partial charge < -0.3 is 9.47 Å². The summed E-state index contributed by atoms with van der Waals surface area (Å²) in [5.41, 5.74) is 0.795. The van der Waals surface area contributed by atoms with Crippen LogP contribution in [0.15, 0.2) is 18.2 Å². The van der Waals surface area contributed by atoms with Crippen molar-refractivity contribution in [3.8, 4) is 0 Å². The molecule has 0 saturated carbocycles. The van der Waals surface area contributed by atoms with Crippen molar-refractivity contribution in [1.29, 1.82) is 0 Å². The topological polar surface area (TPSA) is 153 Å². The van der Waals surface area contributed by atoms with Crippen molar-refractivity contribution in [3.05, 3.63) is 33.9 Å². The molecular weight excluding hydrogens is 715 g/mol. The van der Waals surface area contributed by atoms with Crippen LogP contribution in [0.3, 0.4) is 0 Å². The van der Waals surface area contributed by atoms with E-state index in [0.717, 1.165) is 0 Å². The number of nitrogens with zero attached hydrogens (tertiary/aromatic N) is 5. The van der Waals surface area contributed by atoms with E-state index in [1.54, 1.807) is 12.1 Å². The van der Waals surface area contributed by atoms with Gasteiger partial charge in [0.2, 0.25) is 0 Å². The van der Waals surface area contributed by atoms with Crippen molar-refractivity contribution in [2.45, 2.75) is 6.29 Å². The van der Waals surface area contributed by atoms with E-state index in [9.17, 15) is 24.5 Å². The van der Waals surface area contributed by atoms with Gasteiger partial charge in [0, 0.05) is 14.2 Å². The molecule has 3 aliphatic heterocycles. The fraction of sp³-hybridized carbons (Fsp3) is 0.609. The Morgan fingerprint density at radius 2 is 1.23 bits per heavy atom. The van der Waals surface area contributed by atoms with Crippen molar-refractivity contribution >= 4 is 52.4 Å². The number of carbonyl (C=O) groups excluding carboxylic acids is 3. The predicted octanol–water partition coefficient (Wildman–Crippen LogP) is -0.746. The Morgan fingerprint density at radius 1 is 0.795 bits per heavy atom. The normalized spacial score (nSPS) is 25.6. The number of ether oxygens (including phenoxy) is 2. The average molecular weight is 748 g/mol. The minimum atomic E-state index is -4.13. The zero-order valence-electron chi connectivity index (χ0n) is 21.9. The summed E-state index contributed by atoms with van der Waals surface area (Å²) in [7, 11) is 2.91. The summed E-state index contributed by atoms with van der Waals surface area (Å²) >= 11 is -4.13. The number of methoxy groups -OCH3 is 2. The summed E-state index contributed by atoms with van der Waals surface area (Å²) in [6.07, 6.45) is -0.756. The summed E-state index contributed by atoms with van der Waals surface area (Å²) in [5, 5.41) is 12.1. The van der Waals surface area contributed by atoms with Gasteiger partial charge in [-0.05, 0) is 0 Å². The molecule has 16 heteroatoms. The Bertz CT molecular complexity index is 1040. The van der Waals surface area contributed by atoms with Crippen molar-refractivity contribution in [2.24, 2.45) is 0 Å². The van der Waals surface area contributed by atoms with Crippen molar-refractivity contribution in [1.82, 2.24) is 14.7 Å². The van der Waals surface area contributed by atoms with Crippen molar-refractivity contribution in [3.63, 3.8) is 0 Å². The molecule has 3 heterocycles. The fourth-order valence-electron chi connectivity index (χ4n) is 4.66. The van der Waals surface area contributed by atoms with E-state index in [1.165, 1.54) is 20.3 Å². The number of rotatable bonds is 5. The molecule has 2 unspecified atom stereocenters. The van der Waals surface area contributed by atoms with Gasteiger partial charge in [-0.25, -0.2) is 0 Å². The molecule has 214 valence electrons. The van der Waals surface area contributed by atoms with Gasteiger partial charge in [0.05, 0.1) is 0 Å². The first-order chi connectivity index (χ1) is 18.7. The number of anilines is 1. The molecule has 15 nitrogen and oxygen atoms in total. The second-order valence-electron chi connectivity index (χ2n) is 9.24. The minimum absolute atomic E-state index is 0.00275. The van der Waals surface area contributed by atoms with Crippen LogP contribution in [0.5, 0.6) is 0 Å². The Balaban J connectivity index is 1.68. The summed E-state index contributed by atoms with van der Waals surface area (Å²) < 4.78 is 26.6. The van der Waals surface area contributed by atoms with E-state index in [4.69, 9.17) is 17.9 Å². The van der Waals surface area contributed by atoms with Crippen LogP contribution in [0.4, 0.5) is 11.4 Å². The zero-order valence-corrected chi connectivity index (χ0v) is 25.3. The second kappa shape index (κ2) is 13.7. The zero-order chi connectivity index (χ0) is 27.9. The Kier molecular flexibility index (Phi) is 10.4. The molecule has 4 bridgehead atoms. The molecule has 1 aromatic rings. The third kappa shape index (κ3) is 8.02. The van der Waals surface area contributed by atoms with Crippen LogP contribution in [0, 0.1) is 10.1 Å². The number of carbonyl (C=O) groups is 3. The van der Waals surface area contributed by atoms with E-state index >= 15 is 0 Å². The molecule has 3 saturated heterocycles. The quantitative estimate of drug-likeness (QED) is 0.161. The van der Waals surface area contributed by atoms with Gasteiger partial charge in [0.1, 0.15) is 0 Å². The van der Waals surface area contributed by atoms with Gasteiger partial charge in [0.25, 0.3) is 0 Å².